The van der Waals surface area contributed by atoms with E-state index in [1.54, 1.807) is 6.07 Å². The molecule has 1 N–H and O–H groups in total. The largest absolute Gasteiger partial charge is 0.307 e. The quantitative estimate of drug-likeness (QED) is 0.789. The molecule has 0 spiro atoms. The fourth-order valence-corrected chi connectivity index (χ4v) is 3.20. The van der Waals surface area contributed by atoms with E-state index in [-0.39, 0.29) is 11.9 Å². The third-order valence-corrected chi connectivity index (χ3v) is 3.85. The van der Waals surface area contributed by atoms with Gasteiger partial charge in [0.2, 0.25) is 0 Å². The molecule has 0 aliphatic carbocycles. The van der Waals surface area contributed by atoms with Crippen LogP contribution in [0.1, 0.15) is 29.7 Å². The Labute approximate surface area is 132 Å². The second-order valence-corrected chi connectivity index (χ2v) is 6.05. The summed E-state index contributed by atoms with van der Waals surface area (Å²) in [4.78, 5) is 0. The van der Waals surface area contributed by atoms with Gasteiger partial charge in [0.15, 0.2) is 0 Å². The molecule has 4 heteroatoms. The monoisotopic (exact) mass is 355 g/mol. The van der Waals surface area contributed by atoms with Crippen molar-refractivity contribution in [2.24, 2.45) is 0 Å². The molecule has 106 valence electrons. The maximum atomic E-state index is 13.3. The van der Waals surface area contributed by atoms with Crippen LogP contribution < -0.4 is 5.32 Å². The number of hydrogen-bond donors (Lipinski definition) is 1. The summed E-state index contributed by atoms with van der Waals surface area (Å²) in [6.07, 6.45) is 0. The minimum atomic E-state index is -0.214. The van der Waals surface area contributed by atoms with Gasteiger partial charge in [-0.1, -0.05) is 40.5 Å². The van der Waals surface area contributed by atoms with Crippen molar-refractivity contribution < 1.29 is 4.39 Å². The predicted octanol–water partition coefficient (Wildman–Crippen LogP) is 5.25. The van der Waals surface area contributed by atoms with Gasteiger partial charge in [0.1, 0.15) is 5.82 Å². The molecule has 0 aromatic heterocycles. The Hall–Kier alpha value is -0.900. The van der Waals surface area contributed by atoms with Crippen molar-refractivity contribution in [2.45, 2.75) is 19.9 Å². The van der Waals surface area contributed by atoms with Crippen LogP contribution in [0, 0.1) is 12.7 Å². The highest BCUT2D eigenvalue weighted by Gasteiger charge is 2.16. The lowest BCUT2D eigenvalue weighted by atomic mass is 9.95. The SMILES string of the molecule is CCNC(c1cc(Cl)cc(Br)c1)c1ccc(F)cc1C. The van der Waals surface area contributed by atoms with E-state index >= 15 is 0 Å². The van der Waals surface area contributed by atoms with Crippen molar-refractivity contribution in [3.05, 3.63) is 68.4 Å². The Morgan fingerprint density at radius 3 is 2.60 bits per heavy atom. The average Bonchev–Trinajstić information content (AvgIpc) is 2.35. The van der Waals surface area contributed by atoms with Crippen molar-refractivity contribution in [1.29, 1.82) is 0 Å². The van der Waals surface area contributed by atoms with Crippen LogP contribution >= 0.6 is 27.5 Å². The number of aryl methyl sites for hydroxylation is 1. The molecule has 0 aliphatic heterocycles. The average molecular weight is 357 g/mol. The number of rotatable bonds is 4. The van der Waals surface area contributed by atoms with Gasteiger partial charge in [0.25, 0.3) is 0 Å². The number of halogens is 3. The van der Waals surface area contributed by atoms with Crippen LogP contribution in [0.2, 0.25) is 5.02 Å². The lowest BCUT2D eigenvalue weighted by Crippen LogP contribution is -2.22. The first-order chi connectivity index (χ1) is 9.51. The number of nitrogens with one attached hydrogen (secondary N) is 1. The topological polar surface area (TPSA) is 12.0 Å². The van der Waals surface area contributed by atoms with Crippen LogP contribution in [0.3, 0.4) is 0 Å². The van der Waals surface area contributed by atoms with Gasteiger partial charge < -0.3 is 5.32 Å². The van der Waals surface area contributed by atoms with Gasteiger partial charge in [0.05, 0.1) is 6.04 Å². The Bertz CT molecular complexity index is 595. The van der Waals surface area contributed by atoms with Crippen LogP contribution in [0.25, 0.3) is 0 Å². The zero-order valence-corrected chi connectivity index (χ0v) is 13.7. The molecule has 0 heterocycles. The summed E-state index contributed by atoms with van der Waals surface area (Å²) in [7, 11) is 0. The van der Waals surface area contributed by atoms with E-state index in [2.05, 4.69) is 21.2 Å². The molecule has 0 saturated heterocycles. The molecule has 0 fully saturated rings. The van der Waals surface area contributed by atoms with E-state index in [0.717, 1.165) is 27.7 Å². The summed E-state index contributed by atoms with van der Waals surface area (Å²) in [5.41, 5.74) is 3.04. The van der Waals surface area contributed by atoms with Crippen LogP contribution in [-0.4, -0.2) is 6.54 Å². The lowest BCUT2D eigenvalue weighted by molar-refractivity contribution is 0.610. The molecule has 0 radical (unpaired) electrons. The van der Waals surface area contributed by atoms with Gasteiger partial charge in [0, 0.05) is 9.50 Å². The molecule has 1 unspecified atom stereocenters. The van der Waals surface area contributed by atoms with Gasteiger partial charge in [-0.15, -0.1) is 0 Å². The van der Waals surface area contributed by atoms with Gasteiger partial charge in [-0.25, -0.2) is 4.39 Å². The molecular formula is C16H16BrClFN. The Morgan fingerprint density at radius 2 is 2.00 bits per heavy atom. The molecule has 0 bridgehead atoms. The third kappa shape index (κ3) is 3.60. The van der Waals surface area contributed by atoms with Gasteiger partial charge in [-0.3, -0.25) is 0 Å². The molecule has 0 aliphatic rings. The first-order valence-electron chi connectivity index (χ1n) is 6.46. The first kappa shape index (κ1) is 15.5. The van der Waals surface area contributed by atoms with Crippen LogP contribution in [-0.2, 0) is 0 Å². The standard InChI is InChI=1S/C16H16BrClFN/c1-3-20-16(11-7-12(17)9-13(18)8-11)15-5-4-14(19)6-10(15)2/h4-9,16,20H,3H2,1-2H3. The van der Waals surface area contributed by atoms with Gasteiger partial charge in [-0.2, -0.15) is 0 Å². The molecule has 2 aromatic rings. The van der Waals surface area contributed by atoms with Crippen molar-refractivity contribution in [2.75, 3.05) is 6.54 Å². The molecule has 1 nitrogen and oxygen atoms in total. The maximum absolute atomic E-state index is 13.3. The zero-order valence-electron chi connectivity index (χ0n) is 11.4. The highest BCUT2D eigenvalue weighted by Crippen LogP contribution is 2.29. The van der Waals surface area contributed by atoms with E-state index in [1.165, 1.54) is 6.07 Å². The Morgan fingerprint density at radius 1 is 1.25 bits per heavy atom. The molecule has 20 heavy (non-hydrogen) atoms. The number of hydrogen-bond acceptors (Lipinski definition) is 1. The van der Waals surface area contributed by atoms with Crippen LogP contribution in [0.5, 0.6) is 0 Å². The Kier molecular flexibility index (Phi) is 5.19. The fraction of sp³-hybridized carbons (Fsp3) is 0.250. The summed E-state index contributed by atoms with van der Waals surface area (Å²) in [6.45, 7) is 4.78. The predicted molar refractivity (Wildman–Crippen MR) is 85.8 cm³/mol. The van der Waals surface area contributed by atoms with E-state index in [1.807, 2.05) is 38.1 Å². The Balaban J connectivity index is 2.49. The summed E-state index contributed by atoms with van der Waals surface area (Å²) >= 11 is 9.59. The highest BCUT2D eigenvalue weighted by atomic mass is 79.9. The fourth-order valence-electron chi connectivity index (χ4n) is 2.32. The summed E-state index contributed by atoms with van der Waals surface area (Å²) in [5, 5.41) is 4.11. The molecule has 1 atom stereocenters. The maximum Gasteiger partial charge on any atom is 0.123 e. The molecule has 2 aromatic carbocycles. The van der Waals surface area contributed by atoms with Gasteiger partial charge >= 0.3 is 0 Å². The highest BCUT2D eigenvalue weighted by molar-refractivity contribution is 9.10. The summed E-state index contributed by atoms with van der Waals surface area (Å²) < 4.78 is 14.2. The van der Waals surface area contributed by atoms with Crippen LogP contribution in [0.15, 0.2) is 40.9 Å². The normalized spacial score (nSPS) is 12.4. The summed E-state index contributed by atoms with van der Waals surface area (Å²) in [5.74, 6) is -0.214. The van der Waals surface area contributed by atoms with Crippen molar-refractivity contribution >= 4 is 27.5 Å². The van der Waals surface area contributed by atoms with Crippen molar-refractivity contribution in [1.82, 2.24) is 5.32 Å². The van der Waals surface area contributed by atoms with Crippen molar-refractivity contribution in [3.8, 4) is 0 Å². The molecular weight excluding hydrogens is 341 g/mol. The molecule has 2 rings (SSSR count). The van der Waals surface area contributed by atoms with E-state index in [4.69, 9.17) is 11.6 Å². The van der Waals surface area contributed by atoms with E-state index in [0.29, 0.717) is 5.02 Å². The minimum Gasteiger partial charge on any atom is -0.307 e. The van der Waals surface area contributed by atoms with Crippen LogP contribution in [0.4, 0.5) is 4.39 Å². The summed E-state index contributed by atoms with van der Waals surface area (Å²) in [6, 6.07) is 10.7. The first-order valence-corrected chi connectivity index (χ1v) is 7.63. The van der Waals surface area contributed by atoms with Gasteiger partial charge in [-0.05, 0) is 60.5 Å². The molecule has 0 amide bonds. The second kappa shape index (κ2) is 6.70. The zero-order chi connectivity index (χ0) is 14.7. The number of benzene rings is 2. The van der Waals surface area contributed by atoms with E-state index < -0.39 is 0 Å². The second-order valence-electron chi connectivity index (χ2n) is 4.69. The minimum absolute atomic E-state index is 0.00407. The molecule has 0 saturated carbocycles. The smallest absolute Gasteiger partial charge is 0.123 e. The van der Waals surface area contributed by atoms with Crippen molar-refractivity contribution in [3.63, 3.8) is 0 Å². The van der Waals surface area contributed by atoms with E-state index in [9.17, 15) is 4.39 Å². The third-order valence-electron chi connectivity index (χ3n) is 3.17. The lowest BCUT2D eigenvalue weighted by Gasteiger charge is -2.21.